The maximum atomic E-state index is 12.0. The van der Waals surface area contributed by atoms with Crippen LogP contribution in [0.3, 0.4) is 0 Å². The van der Waals surface area contributed by atoms with Gasteiger partial charge in [-0.25, -0.2) is 4.98 Å². The fraction of sp³-hybridized carbons (Fsp3) is 0.222. The van der Waals surface area contributed by atoms with Crippen LogP contribution in [0.15, 0.2) is 58.3 Å². The molecule has 0 saturated heterocycles. The van der Waals surface area contributed by atoms with E-state index in [0.717, 1.165) is 0 Å². The highest BCUT2D eigenvalue weighted by molar-refractivity contribution is 7.99. The third-order valence-electron chi connectivity index (χ3n) is 3.66. The van der Waals surface area contributed by atoms with Crippen LogP contribution < -0.4 is 5.32 Å². The molecule has 0 fully saturated rings. The van der Waals surface area contributed by atoms with Crippen molar-refractivity contribution in [1.29, 1.82) is 0 Å². The van der Waals surface area contributed by atoms with E-state index in [0.29, 0.717) is 23.2 Å². The molecule has 3 rings (SSSR count). The van der Waals surface area contributed by atoms with Gasteiger partial charge in [-0.2, -0.15) is 0 Å². The van der Waals surface area contributed by atoms with Crippen molar-refractivity contribution in [2.24, 2.45) is 0 Å². The van der Waals surface area contributed by atoms with Gasteiger partial charge in [-0.1, -0.05) is 60.6 Å². The van der Waals surface area contributed by atoms with Crippen LogP contribution >= 0.6 is 23.4 Å². The Kier molecular flexibility index (Phi) is 6.25. The van der Waals surface area contributed by atoms with E-state index in [9.17, 15) is 4.79 Å². The quantitative estimate of drug-likeness (QED) is 0.482. The van der Waals surface area contributed by atoms with Crippen LogP contribution in [-0.4, -0.2) is 26.8 Å². The van der Waals surface area contributed by atoms with Gasteiger partial charge >= 0.3 is 0 Å². The summed E-state index contributed by atoms with van der Waals surface area (Å²) in [6.07, 6.45) is 2.21. The predicted octanol–water partition coefficient (Wildman–Crippen LogP) is 4.20. The van der Waals surface area contributed by atoms with Gasteiger partial charge in [-0.15, -0.1) is 10.2 Å². The van der Waals surface area contributed by atoms with E-state index in [1.807, 2.05) is 18.2 Å². The number of hydrogen-bond donors (Lipinski definition) is 1. The van der Waals surface area contributed by atoms with Crippen LogP contribution in [-0.2, 0) is 11.2 Å². The van der Waals surface area contributed by atoms with Crippen molar-refractivity contribution >= 4 is 35.0 Å². The molecule has 3 aromatic rings. The van der Waals surface area contributed by atoms with Crippen molar-refractivity contribution in [1.82, 2.24) is 15.2 Å². The largest absolute Gasteiger partial charge is 0.416 e. The van der Waals surface area contributed by atoms with Crippen LogP contribution in [0.5, 0.6) is 0 Å². The van der Waals surface area contributed by atoms with E-state index in [-0.39, 0.29) is 22.7 Å². The first kappa shape index (κ1) is 18.4. The van der Waals surface area contributed by atoms with Gasteiger partial charge in [0.15, 0.2) is 5.15 Å². The van der Waals surface area contributed by atoms with E-state index in [2.05, 4.69) is 39.6 Å². The van der Waals surface area contributed by atoms with Crippen molar-refractivity contribution in [3.63, 3.8) is 0 Å². The number of aromatic nitrogens is 3. The number of rotatable bonds is 7. The first-order valence-electron chi connectivity index (χ1n) is 8.02. The molecule has 0 aliphatic heterocycles. The van der Waals surface area contributed by atoms with Crippen LogP contribution in [0.4, 0.5) is 5.69 Å². The summed E-state index contributed by atoms with van der Waals surface area (Å²) in [5.74, 6) is 0.744. The highest BCUT2D eigenvalue weighted by atomic mass is 35.5. The second kappa shape index (κ2) is 8.82. The lowest BCUT2D eigenvalue weighted by Gasteiger charge is -2.08. The molecule has 134 valence electrons. The summed E-state index contributed by atoms with van der Waals surface area (Å²) in [6.45, 7) is 2.11. The smallest absolute Gasteiger partial charge is 0.277 e. The molecule has 2 heterocycles. The second-order valence-corrected chi connectivity index (χ2v) is 6.94. The molecular formula is C18H17ClN4O2S. The number of carbonyl (C=O) groups excluding carboxylic acids is 1. The van der Waals surface area contributed by atoms with Gasteiger partial charge in [0, 0.05) is 12.6 Å². The Morgan fingerprint density at radius 1 is 1.23 bits per heavy atom. The van der Waals surface area contributed by atoms with E-state index in [4.69, 9.17) is 16.0 Å². The number of pyridine rings is 1. The number of hydrogen-bond acceptors (Lipinski definition) is 6. The zero-order valence-electron chi connectivity index (χ0n) is 14.1. The zero-order chi connectivity index (χ0) is 18.4. The molecule has 26 heavy (non-hydrogen) atoms. The number of benzene rings is 1. The molecule has 8 heteroatoms. The zero-order valence-corrected chi connectivity index (χ0v) is 15.6. The van der Waals surface area contributed by atoms with Crippen LogP contribution in [0.2, 0.25) is 5.15 Å². The number of carbonyl (C=O) groups is 1. The number of nitrogens with one attached hydrogen (secondary N) is 1. The van der Waals surface area contributed by atoms with Gasteiger partial charge in [0.25, 0.3) is 5.22 Å². The number of thioether (sulfide) groups is 1. The molecule has 6 nitrogen and oxygen atoms in total. The summed E-state index contributed by atoms with van der Waals surface area (Å²) in [4.78, 5) is 15.9. The van der Waals surface area contributed by atoms with Crippen LogP contribution in [0, 0.1) is 0 Å². The Balaban J connectivity index is 1.51. The standard InChI is InChI=1S/C18H17ClN4O2S/c1-12(13-6-3-2-4-7-13)10-16-22-23-18(25-16)26-11-15(24)21-14-8-5-9-20-17(14)19/h2-9,12H,10-11H2,1H3,(H,21,24). The maximum absolute atomic E-state index is 12.0. The topological polar surface area (TPSA) is 80.9 Å². The molecule has 1 amide bonds. The minimum Gasteiger partial charge on any atom is -0.416 e. The van der Waals surface area contributed by atoms with Crippen molar-refractivity contribution in [3.8, 4) is 0 Å². The summed E-state index contributed by atoms with van der Waals surface area (Å²) < 4.78 is 5.62. The van der Waals surface area contributed by atoms with Gasteiger partial charge in [-0.3, -0.25) is 4.79 Å². The summed E-state index contributed by atoms with van der Waals surface area (Å²) in [6, 6.07) is 13.5. The molecule has 0 aliphatic rings. The van der Waals surface area contributed by atoms with Crippen molar-refractivity contribution < 1.29 is 9.21 Å². The molecule has 2 aromatic heterocycles. The first-order valence-corrected chi connectivity index (χ1v) is 9.38. The average Bonchev–Trinajstić information content (AvgIpc) is 3.10. The lowest BCUT2D eigenvalue weighted by molar-refractivity contribution is -0.113. The molecule has 1 atom stereocenters. The van der Waals surface area contributed by atoms with E-state index < -0.39 is 0 Å². The lowest BCUT2D eigenvalue weighted by atomic mass is 9.98. The van der Waals surface area contributed by atoms with Crippen molar-refractivity contribution in [2.45, 2.75) is 24.5 Å². The van der Waals surface area contributed by atoms with Gasteiger partial charge in [0.05, 0.1) is 11.4 Å². The Labute approximate surface area is 160 Å². The average molecular weight is 389 g/mol. The van der Waals surface area contributed by atoms with E-state index >= 15 is 0 Å². The monoisotopic (exact) mass is 388 g/mol. The number of nitrogens with zero attached hydrogens (tertiary/aromatic N) is 3. The molecule has 0 bridgehead atoms. The molecule has 0 spiro atoms. The molecule has 0 aliphatic carbocycles. The SMILES string of the molecule is CC(Cc1nnc(SCC(=O)Nc2cccnc2Cl)o1)c1ccccc1. The minimum atomic E-state index is -0.220. The highest BCUT2D eigenvalue weighted by Crippen LogP contribution is 2.23. The Hall–Kier alpha value is -2.38. The molecule has 1 unspecified atom stereocenters. The summed E-state index contributed by atoms with van der Waals surface area (Å²) >= 11 is 7.10. The number of amides is 1. The van der Waals surface area contributed by atoms with E-state index in [1.54, 1.807) is 18.3 Å². The molecular weight excluding hydrogens is 372 g/mol. The van der Waals surface area contributed by atoms with Gasteiger partial charge in [-0.05, 0) is 23.6 Å². The molecule has 0 radical (unpaired) electrons. The van der Waals surface area contributed by atoms with Crippen LogP contribution in [0.25, 0.3) is 0 Å². The third kappa shape index (κ3) is 5.06. The fourth-order valence-electron chi connectivity index (χ4n) is 2.33. The summed E-state index contributed by atoms with van der Waals surface area (Å²) in [5.41, 5.74) is 1.69. The lowest BCUT2D eigenvalue weighted by Crippen LogP contribution is -2.14. The second-order valence-electron chi connectivity index (χ2n) is 5.66. The Bertz CT molecular complexity index is 872. The number of halogens is 1. The van der Waals surface area contributed by atoms with Gasteiger partial charge in [0.2, 0.25) is 11.8 Å². The highest BCUT2D eigenvalue weighted by Gasteiger charge is 2.14. The first-order chi connectivity index (χ1) is 12.6. The maximum Gasteiger partial charge on any atom is 0.277 e. The number of anilines is 1. The molecule has 1 N–H and O–H groups in total. The third-order valence-corrected chi connectivity index (χ3v) is 4.78. The Morgan fingerprint density at radius 3 is 2.81 bits per heavy atom. The van der Waals surface area contributed by atoms with Gasteiger partial charge < -0.3 is 9.73 Å². The molecule has 1 aromatic carbocycles. The minimum absolute atomic E-state index is 0.140. The predicted molar refractivity (Wildman–Crippen MR) is 101 cm³/mol. The Morgan fingerprint density at radius 2 is 2.04 bits per heavy atom. The van der Waals surface area contributed by atoms with Crippen LogP contribution in [0.1, 0.15) is 24.3 Å². The van der Waals surface area contributed by atoms with Crippen molar-refractivity contribution in [2.75, 3.05) is 11.1 Å². The normalized spacial score (nSPS) is 11.9. The molecule has 0 saturated carbocycles. The summed E-state index contributed by atoms with van der Waals surface area (Å²) in [5, 5.41) is 11.4. The van der Waals surface area contributed by atoms with E-state index in [1.165, 1.54) is 17.3 Å². The van der Waals surface area contributed by atoms with Gasteiger partial charge in [0.1, 0.15) is 0 Å². The summed E-state index contributed by atoms with van der Waals surface area (Å²) in [7, 11) is 0. The van der Waals surface area contributed by atoms with Crippen molar-refractivity contribution in [3.05, 3.63) is 65.3 Å². The fourth-order valence-corrected chi connectivity index (χ4v) is 3.08.